The molecule has 2 atom stereocenters. The second-order valence-corrected chi connectivity index (χ2v) is 6.55. The Balaban J connectivity index is 2.12. The van der Waals surface area contributed by atoms with Gasteiger partial charge in [-0.05, 0) is 64.7 Å². The summed E-state index contributed by atoms with van der Waals surface area (Å²) in [5.74, 6) is -0.199. The second-order valence-electron chi connectivity index (χ2n) is 5.08. The van der Waals surface area contributed by atoms with E-state index in [4.69, 9.17) is 11.6 Å². The van der Waals surface area contributed by atoms with Crippen LogP contribution in [-0.2, 0) is 6.42 Å². The van der Waals surface area contributed by atoms with Crippen LogP contribution in [0.1, 0.15) is 31.7 Å². The van der Waals surface area contributed by atoms with Crippen LogP contribution in [0, 0.1) is 11.2 Å². The van der Waals surface area contributed by atoms with Gasteiger partial charge in [0.25, 0.3) is 0 Å². The fraction of sp³-hybridized carbons (Fsp3) is 0.538. The lowest BCUT2D eigenvalue weighted by Gasteiger charge is -2.23. The molecule has 0 saturated heterocycles. The fourth-order valence-corrected chi connectivity index (χ4v) is 3.45. The topological polar surface area (TPSA) is 0 Å². The first-order chi connectivity index (χ1) is 7.48. The van der Waals surface area contributed by atoms with Gasteiger partial charge in [0.05, 0.1) is 4.47 Å². The molecule has 0 bridgehead atoms. The van der Waals surface area contributed by atoms with Crippen molar-refractivity contribution in [2.45, 2.75) is 38.0 Å². The van der Waals surface area contributed by atoms with E-state index in [-0.39, 0.29) is 11.2 Å². The molecule has 1 aliphatic carbocycles. The van der Waals surface area contributed by atoms with Crippen LogP contribution in [0.5, 0.6) is 0 Å². The molecular formula is C13H15BrClF. The number of benzene rings is 1. The van der Waals surface area contributed by atoms with Crippen LogP contribution in [0.2, 0.25) is 0 Å². The molecule has 0 aromatic heterocycles. The summed E-state index contributed by atoms with van der Waals surface area (Å²) in [4.78, 5) is 0. The van der Waals surface area contributed by atoms with Crippen LogP contribution in [0.25, 0.3) is 0 Å². The van der Waals surface area contributed by atoms with Gasteiger partial charge in [0, 0.05) is 5.38 Å². The number of alkyl halides is 1. The van der Waals surface area contributed by atoms with E-state index < -0.39 is 0 Å². The standard InChI is InChI=1S/C13H15BrClF/c1-13(5-4-10(15)8-13)7-9-2-3-12(16)11(14)6-9/h2-3,6,10H,4-5,7-8H2,1H3. The summed E-state index contributed by atoms with van der Waals surface area (Å²) in [6, 6.07) is 5.27. The smallest absolute Gasteiger partial charge is 0.137 e. The van der Waals surface area contributed by atoms with Gasteiger partial charge < -0.3 is 0 Å². The molecule has 0 N–H and O–H groups in total. The Morgan fingerprint density at radius 2 is 2.31 bits per heavy atom. The maximum absolute atomic E-state index is 13.1. The van der Waals surface area contributed by atoms with Crippen molar-refractivity contribution in [2.75, 3.05) is 0 Å². The zero-order valence-electron chi connectivity index (χ0n) is 9.27. The number of halogens is 3. The Morgan fingerprint density at radius 3 is 2.88 bits per heavy atom. The van der Waals surface area contributed by atoms with Gasteiger partial charge >= 0.3 is 0 Å². The van der Waals surface area contributed by atoms with Crippen molar-refractivity contribution >= 4 is 27.5 Å². The van der Waals surface area contributed by atoms with E-state index in [1.54, 1.807) is 0 Å². The molecule has 0 heterocycles. The predicted octanol–water partition coefficient (Wildman–Crippen LogP) is 4.93. The summed E-state index contributed by atoms with van der Waals surface area (Å²) in [7, 11) is 0. The summed E-state index contributed by atoms with van der Waals surface area (Å²) in [5.41, 5.74) is 1.46. The van der Waals surface area contributed by atoms with Gasteiger partial charge in [-0.2, -0.15) is 0 Å². The van der Waals surface area contributed by atoms with E-state index in [0.29, 0.717) is 9.85 Å². The molecule has 1 aromatic rings. The molecule has 2 unspecified atom stereocenters. The SMILES string of the molecule is CC1(Cc2ccc(F)c(Br)c2)CCC(Cl)C1. The van der Waals surface area contributed by atoms with Crippen molar-refractivity contribution in [1.82, 2.24) is 0 Å². The van der Waals surface area contributed by atoms with Crippen molar-refractivity contribution < 1.29 is 4.39 Å². The fourth-order valence-electron chi connectivity index (χ4n) is 2.55. The highest BCUT2D eigenvalue weighted by Crippen LogP contribution is 2.43. The lowest BCUT2D eigenvalue weighted by molar-refractivity contribution is 0.335. The summed E-state index contributed by atoms with van der Waals surface area (Å²) >= 11 is 9.37. The van der Waals surface area contributed by atoms with E-state index >= 15 is 0 Å². The van der Waals surface area contributed by atoms with Gasteiger partial charge in [0.15, 0.2) is 0 Å². The molecule has 1 aromatic carbocycles. The minimum absolute atomic E-state index is 0.199. The van der Waals surface area contributed by atoms with E-state index in [9.17, 15) is 4.39 Å². The molecule has 1 aliphatic rings. The van der Waals surface area contributed by atoms with Gasteiger partial charge in [0.2, 0.25) is 0 Å². The minimum atomic E-state index is -0.199. The van der Waals surface area contributed by atoms with Crippen LogP contribution in [0.15, 0.2) is 22.7 Å². The Labute approximate surface area is 109 Å². The van der Waals surface area contributed by atoms with Crippen LogP contribution in [0.3, 0.4) is 0 Å². The van der Waals surface area contributed by atoms with Gasteiger partial charge in [-0.3, -0.25) is 0 Å². The summed E-state index contributed by atoms with van der Waals surface area (Å²) in [6.45, 7) is 2.27. The molecule has 0 aliphatic heterocycles. The first-order valence-electron chi connectivity index (χ1n) is 5.56. The highest BCUT2D eigenvalue weighted by Gasteiger charge is 2.34. The van der Waals surface area contributed by atoms with Crippen molar-refractivity contribution in [3.63, 3.8) is 0 Å². The molecule has 16 heavy (non-hydrogen) atoms. The van der Waals surface area contributed by atoms with E-state index in [0.717, 1.165) is 25.7 Å². The van der Waals surface area contributed by atoms with Crippen LogP contribution >= 0.6 is 27.5 Å². The normalized spacial score (nSPS) is 29.6. The third-order valence-electron chi connectivity index (χ3n) is 3.39. The molecular weight excluding hydrogens is 290 g/mol. The largest absolute Gasteiger partial charge is 0.206 e. The van der Waals surface area contributed by atoms with E-state index in [1.165, 1.54) is 11.6 Å². The molecule has 3 heteroatoms. The Bertz CT molecular complexity index is 394. The monoisotopic (exact) mass is 304 g/mol. The van der Waals surface area contributed by atoms with Gasteiger partial charge in [-0.15, -0.1) is 11.6 Å². The Hall–Kier alpha value is -0.0800. The molecule has 0 nitrogen and oxygen atoms in total. The third-order valence-corrected chi connectivity index (χ3v) is 4.37. The summed E-state index contributed by atoms with van der Waals surface area (Å²) in [6.07, 6.45) is 4.30. The van der Waals surface area contributed by atoms with E-state index in [1.807, 2.05) is 12.1 Å². The molecule has 2 rings (SSSR count). The molecule has 0 spiro atoms. The lowest BCUT2D eigenvalue weighted by Crippen LogP contribution is -2.15. The zero-order valence-corrected chi connectivity index (χ0v) is 11.6. The first-order valence-corrected chi connectivity index (χ1v) is 6.79. The van der Waals surface area contributed by atoms with Gasteiger partial charge in [-0.25, -0.2) is 4.39 Å². The zero-order chi connectivity index (χ0) is 11.8. The van der Waals surface area contributed by atoms with Crippen LogP contribution in [0.4, 0.5) is 4.39 Å². The van der Waals surface area contributed by atoms with E-state index in [2.05, 4.69) is 22.9 Å². The quantitative estimate of drug-likeness (QED) is 0.680. The average Bonchev–Trinajstić information content (AvgIpc) is 2.52. The summed E-state index contributed by atoms with van der Waals surface area (Å²) < 4.78 is 13.7. The highest BCUT2D eigenvalue weighted by atomic mass is 79.9. The minimum Gasteiger partial charge on any atom is -0.206 e. The van der Waals surface area contributed by atoms with Crippen molar-refractivity contribution in [2.24, 2.45) is 5.41 Å². The van der Waals surface area contributed by atoms with Crippen LogP contribution in [-0.4, -0.2) is 5.38 Å². The molecule has 0 radical (unpaired) electrons. The predicted molar refractivity (Wildman–Crippen MR) is 69.4 cm³/mol. The average molecular weight is 306 g/mol. The maximum Gasteiger partial charge on any atom is 0.137 e. The van der Waals surface area contributed by atoms with Crippen molar-refractivity contribution in [3.05, 3.63) is 34.1 Å². The molecule has 1 saturated carbocycles. The number of rotatable bonds is 2. The lowest BCUT2D eigenvalue weighted by atomic mass is 9.82. The van der Waals surface area contributed by atoms with Gasteiger partial charge in [-0.1, -0.05) is 13.0 Å². The molecule has 0 amide bonds. The van der Waals surface area contributed by atoms with Crippen molar-refractivity contribution in [1.29, 1.82) is 0 Å². The van der Waals surface area contributed by atoms with Crippen molar-refractivity contribution in [3.8, 4) is 0 Å². The van der Waals surface area contributed by atoms with Crippen LogP contribution < -0.4 is 0 Å². The molecule has 1 fully saturated rings. The Kier molecular flexibility index (Phi) is 3.60. The Morgan fingerprint density at radius 1 is 1.56 bits per heavy atom. The highest BCUT2D eigenvalue weighted by molar-refractivity contribution is 9.10. The number of hydrogen-bond donors (Lipinski definition) is 0. The molecule has 88 valence electrons. The van der Waals surface area contributed by atoms with Gasteiger partial charge in [0.1, 0.15) is 5.82 Å². The number of hydrogen-bond acceptors (Lipinski definition) is 0. The summed E-state index contributed by atoms with van der Waals surface area (Å²) in [5, 5.41) is 0.314. The second kappa shape index (κ2) is 4.66. The first kappa shape index (κ1) is 12.4. The maximum atomic E-state index is 13.1. The third kappa shape index (κ3) is 2.78.